The van der Waals surface area contributed by atoms with E-state index in [1.165, 1.54) is 0 Å². The van der Waals surface area contributed by atoms with Crippen LogP contribution in [-0.4, -0.2) is 11.1 Å². The van der Waals surface area contributed by atoms with Crippen molar-refractivity contribution >= 4 is 17.6 Å². The molecule has 0 aliphatic heterocycles. The van der Waals surface area contributed by atoms with E-state index >= 15 is 0 Å². The van der Waals surface area contributed by atoms with E-state index in [-0.39, 0.29) is 6.04 Å². The summed E-state index contributed by atoms with van der Waals surface area (Å²) in [6.45, 7) is 2.49. The lowest BCUT2D eigenvalue weighted by molar-refractivity contribution is 0.0695. The predicted octanol–water partition coefficient (Wildman–Crippen LogP) is 3.89. The first kappa shape index (κ1) is 14.6. The van der Waals surface area contributed by atoms with Gasteiger partial charge in [-0.15, -0.1) is 0 Å². The number of rotatable bonds is 5. The monoisotopic (exact) mass is 289 g/mol. The first-order valence-corrected chi connectivity index (χ1v) is 6.76. The van der Waals surface area contributed by atoms with E-state index in [9.17, 15) is 4.79 Å². The largest absolute Gasteiger partial charge is 0.478 e. The van der Waals surface area contributed by atoms with Gasteiger partial charge >= 0.3 is 5.97 Å². The first-order chi connectivity index (χ1) is 9.59. The third-order valence-electron chi connectivity index (χ3n) is 3.22. The molecule has 0 aromatic heterocycles. The minimum absolute atomic E-state index is 0.0468. The molecule has 0 fully saturated rings. The Kier molecular flexibility index (Phi) is 4.77. The molecule has 20 heavy (non-hydrogen) atoms. The van der Waals surface area contributed by atoms with Gasteiger partial charge in [0, 0.05) is 17.6 Å². The van der Waals surface area contributed by atoms with E-state index in [1.54, 1.807) is 12.1 Å². The molecule has 3 nitrogen and oxygen atoms in total. The van der Waals surface area contributed by atoms with Crippen LogP contribution in [0.15, 0.2) is 48.5 Å². The molecule has 0 spiro atoms. The Labute approximate surface area is 123 Å². The molecule has 2 N–H and O–H groups in total. The maximum absolute atomic E-state index is 11.1. The molecule has 0 aliphatic carbocycles. The van der Waals surface area contributed by atoms with Crippen LogP contribution in [0.25, 0.3) is 0 Å². The lowest BCUT2D eigenvalue weighted by Gasteiger charge is -2.16. The molecule has 0 radical (unpaired) electrons. The van der Waals surface area contributed by atoms with E-state index in [4.69, 9.17) is 16.7 Å². The molecule has 0 saturated carbocycles. The Balaban J connectivity index is 2.10. The summed E-state index contributed by atoms with van der Waals surface area (Å²) in [5, 5.41) is 13.2. The Morgan fingerprint density at radius 1 is 1.20 bits per heavy atom. The number of hydrogen-bond donors (Lipinski definition) is 2. The summed E-state index contributed by atoms with van der Waals surface area (Å²) in [4.78, 5) is 11.1. The van der Waals surface area contributed by atoms with Crippen molar-refractivity contribution in [2.24, 2.45) is 0 Å². The molecule has 0 aliphatic rings. The molecule has 0 bridgehead atoms. The number of nitrogens with one attached hydrogen (secondary N) is 1. The highest BCUT2D eigenvalue weighted by Gasteiger charge is 2.12. The number of carboxylic acid groups (broad SMARTS) is 1. The zero-order valence-corrected chi connectivity index (χ0v) is 11.9. The SMILES string of the molecule is C[C@@H](NCc1ccccc1C(=O)O)c1ccccc1Cl. The quantitative estimate of drug-likeness (QED) is 0.878. The van der Waals surface area contributed by atoms with Crippen molar-refractivity contribution in [1.82, 2.24) is 5.32 Å². The highest BCUT2D eigenvalue weighted by molar-refractivity contribution is 6.31. The van der Waals surface area contributed by atoms with Crippen LogP contribution in [0.2, 0.25) is 5.02 Å². The van der Waals surface area contributed by atoms with Crippen molar-refractivity contribution in [3.8, 4) is 0 Å². The zero-order valence-electron chi connectivity index (χ0n) is 11.1. The second-order valence-corrected chi connectivity index (χ2v) is 4.99. The summed E-state index contributed by atoms with van der Waals surface area (Å²) in [7, 11) is 0. The lowest BCUT2D eigenvalue weighted by atomic mass is 10.1. The second kappa shape index (κ2) is 6.55. The van der Waals surface area contributed by atoms with Gasteiger partial charge in [-0.3, -0.25) is 0 Å². The molecule has 2 aromatic rings. The third-order valence-corrected chi connectivity index (χ3v) is 3.56. The fourth-order valence-corrected chi connectivity index (χ4v) is 2.38. The highest BCUT2D eigenvalue weighted by Crippen LogP contribution is 2.22. The van der Waals surface area contributed by atoms with Gasteiger partial charge in [-0.05, 0) is 30.2 Å². The summed E-state index contributed by atoms with van der Waals surface area (Å²) >= 11 is 6.15. The van der Waals surface area contributed by atoms with Gasteiger partial charge in [0.25, 0.3) is 0 Å². The van der Waals surface area contributed by atoms with Gasteiger partial charge in [0.15, 0.2) is 0 Å². The van der Waals surface area contributed by atoms with Crippen LogP contribution in [0, 0.1) is 0 Å². The maximum atomic E-state index is 11.1. The molecule has 2 aromatic carbocycles. The summed E-state index contributed by atoms with van der Waals surface area (Å²) in [5.41, 5.74) is 2.09. The van der Waals surface area contributed by atoms with Crippen LogP contribution in [0.4, 0.5) is 0 Å². The third kappa shape index (κ3) is 3.38. The van der Waals surface area contributed by atoms with Crippen LogP contribution in [0.1, 0.15) is 34.5 Å². The molecule has 0 heterocycles. The molecular formula is C16H16ClNO2. The Bertz CT molecular complexity index is 613. The minimum atomic E-state index is -0.909. The molecular weight excluding hydrogens is 274 g/mol. The lowest BCUT2D eigenvalue weighted by Crippen LogP contribution is -2.20. The summed E-state index contributed by atoms with van der Waals surface area (Å²) in [6, 6.07) is 14.7. The molecule has 0 unspecified atom stereocenters. The second-order valence-electron chi connectivity index (χ2n) is 4.59. The van der Waals surface area contributed by atoms with Gasteiger partial charge in [0.1, 0.15) is 0 Å². The topological polar surface area (TPSA) is 49.3 Å². The predicted molar refractivity (Wildman–Crippen MR) is 80.1 cm³/mol. The van der Waals surface area contributed by atoms with Gasteiger partial charge in [0.05, 0.1) is 5.56 Å². The van der Waals surface area contributed by atoms with Gasteiger partial charge in [0.2, 0.25) is 0 Å². The molecule has 4 heteroatoms. The minimum Gasteiger partial charge on any atom is -0.478 e. The number of halogens is 1. The average molecular weight is 290 g/mol. The van der Waals surface area contributed by atoms with E-state index in [1.807, 2.05) is 43.3 Å². The molecule has 0 saturated heterocycles. The Morgan fingerprint density at radius 3 is 2.55 bits per heavy atom. The first-order valence-electron chi connectivity index (χ1n) is 6.38. The normalized spacial score (nSPS) is 12.1. The van der Waals surface area contributed by atoms with Crippen LogP contribution >= 0.6 is 11.6 Å². The Morgan fingerprint density at radius 2 is 1.85 bits per heavy atom. The smallest absolute Gasteiger partial charge is 0.336 e. The van der Waals surface area contributed by atoms with Crippen molar-refractivity contribution in [2.45, 2.75) is 19.5 Å². The summed E-state index contributed by atoms with van der Waals surface area (Å²) < 4.78 is 0. The standard InChI is InChI=1S/C16H16ClNO2/c1-11(13-7-4-5-9-15(13)17)18-10-12-6-2-3-8-14(12)16(19)20/h2-9,11,18H,10H2,1H3,(H,19,20)/t11-/m1/s1. The van der Waals surface area contributed by atoms with E-state index < -0.39 is 5.97 Å². The van der Waals surface area contributed by atoms with E-state index in [0.717, 1.165) is 11.1 Å². The number of hydrogen-bond acceptors (Lipinski definition) is 2. The fourth-order valence-electron chi connectivity index (χ4n) is 2.08. The number of carbonyl (C=O) groups is 1. The van der Waals surface area contributed by atoms with Crippen molar-refractivity contribution in [3.05, 3.63) is 70.2 Å². The van der Waals surface area contributed by atoms with Crippen molar-refractivity contribution < 1.29 is 9.90 Å². The van der Waals surface area contributed by atoms with Crippen LogP contribution in [-0.2, 0) is 6.54 Å². The highest BCUT2D eigenvalue weighted by atomic mass is 35.5. The van der Waals surface area contributed by atoms with Gasteiger partial charge in [-0.1, -0.05) is 48.0 Å². The average Bonchev–Trinajstić information content (AvgIpc) is 2.45. The van der Waals surface area contributed by atoms with Crippen LogP contribution < -0.4 is 5.32 Å². The number of carboxylic acids is 1. The fraction of sp³-hybridized carbons (Fsp3) is 0.188. The van der Waals surface area contributed by atoms with Gasteiger partial charge in [-0.2, -0.15) is 0 Å². The van der Waals surface area contributed by atoms with Crippen LogP contribution in [0.5, 0.6) is 0 Å². The van der Waals surface area contributed by atoms with E-state index in [2.05, 4.69) is 5.32 Å². The van der Waals surface area contributed by atoms with Crippen molar-refractivity contribution in [2.75, 3.05) is 0 Å². The number of benzene rings is 2. The molecule has 1 atom stereocenters. The number of aromatic carboxylic acids is 1. The van der Waals surface area contributed by atoms with Gasteiger partial charge in [-0.25, -0.2) is 4.79 Å². The van der Waals surface area contributed by atoms with Crippen LogP contribution in [0.3, 0.4) is 0 Å². The maximum Gasteiger partial charge on any atom is 0.336 e. The van der Waals surface area contributed by atoms with Gasteiger partial charge < -0.3 is 10.4 Å². The molecule has 2 rings (SSSR count). The zero-order chi connectivity index (χ0) is 14.5. The molecule has 104 valence electrons. The Hall–Kier alpha value is -1.84. The summed E-state index contributed by atoms with van der Waals surface area (Å²) in [6.07, 6.45) is 0. The van der Waals surface area contributed by atoms with Crippen molar-refractivity contribution in [1.29, 1.82) is 0 Å². The van der Waals surface area contributed by atoms with E-state index in [0.29, 0.717) is 17.1 Å². The van der Waals surface area contributed by atoms with Crippen molar-refractivity contribution in [3.63, 3.8) is 0 Å². The molecule has 0 amide bonds. The summed E-state index contributed by atoms with van der Waals surface area (Å²) in [5.74, 6) is -0.909.